The van der Waals surface area contributed by atoms with E-state index in [1.807, 2.05) is 0 Å². The first-order valence-corrected chi connectivity index (χ1v) is 4.57. The van der Waals surface area contributed by atoms with E-state index in [0.717, 1.165) is 18.2 Å². The van der Waals surface area contributed by atoms with E-state index in [-0.39, 0.29) is 35.2 Å². The Labute approximate surface area is 102 Å². The summed E-state index contributed by atoms with van der Waals surface area (Å²) in [6.45, 7) is 0. The van der Waals surface area contributed by atoms with Gasteiger partial charge >= 0.3 is 29.6 Å². The molecular formula is C6H5NNaO5S+. The molecule has 1 N–H and O–H groups in total. The average Bonchev–Trinajstić information content (AvgIpc) is 2.03. The molecule has 0 spiro atoms. The Hall–Kier alpha value is -0.470. The van der Waals surface area contributed by atoms with E-state index < -0.39 is 19.9 Å². The van der Waals surface area contributed by atoms with Crippen molar-refractivity contribution in [1.29, 1.82) is 0 Å². The van der Waals surface area contributed by atoms with Crippen LogP contribution >= 0.6 is 0 Å². The Balaban J connectivity index is 0.00000169. The third-order valence-electron chi connectivity index (χ3n) is 1.33. The second kappa shape index (κ2) is 4.85. The van der Waals surface area contributed by atoms with Crippen molar-refractivity contribution >= 4 is 15.8 Å². The molecule has 0 saturated carbocycles. The van der Waals surface area contributed by atoms with Crippen LogP contribution in [0.2, 0.25) is 0 Å². The molecule has 70 valence electrons. The van der Waals surface area contributed by atoms with Gasteiger partial charge in [0.1, 0.15) is 4.90 Å². The zero-order chi connectivity index (χ0) is 10.1. The summed E-state index contributed by atoms with van der Waals surface area (Å²) in [4.78, 5) is 8.98. The van der Waals surface area contributed by atoms with Crippen molar-refractivity contribution < 1.29 is 47.5 Å². The second-order valence-corrected chi connectivity index (χ2v) is 3.65. The molecule has 0 amide bonds. The van der Waals surface area contributed by atoms with Gasteiger partial charge in [-0.2, -0.15) is 8.42 Å². The second-order valence-electron chi connectivity index (χ2n) is 2.23. The molecule has 0 aliphatic rings. The van der Waals surface area contributed by atoms with Gasteiger partial charge in [0, 0.05) is 12.1 Å². The first-order chi connectivity index (χ1) is 5.91. The smallest absolute Gasteiger partial charge is 0.282 e. The molecule has 0 atom stereocenters. The van der Waals surface area contributed by atoms with Gasteiger partial charge in [-0.25, -0.2) is 0 Å². The molecule has 1 aromatic rings. The SMILES string of the molecule is O=[N+]([O-])c1cccc(S(=O)(=O)O)c1.[Na+]. The van der Waals surface area contributed by atoms with E-state index in [0.29, 0.717) is 0 Å². The number of hydrogen-bond acceptors (Lipinski definition) is 4. The van der Waals surface area contributed by atoms with Crippen molar-refractivity contribution in [1.82, 2.24) is 0 Å². The Bertz CT molecular complexity index is 443. The Morgan fingerprint density at radius 3 is 2.36 bits per heavy atom. The molecule has 0 radical (unpaired) electrons. The molecule has 0 aliphatic carbocycles. The Morgan fingerprint density at radius 1 is 1.36 bits per heavy atom. The number of nitro benzene ring substituents is 1. The number of nitro groups is 1. The zero-order valence-corrected chi connectivity index (χ0v) is 10.1. The third kappa shape index (κ3) is 3.35. The molecule has 0 bridgehead atoms. The summed E-state index contributed by atoms with van der Waals surface area (Å²) < 4.78 is 29.6. The topological polar surface area (TPSA) is 97.5 Å². The Morgan fingerprint density at radius 2 is 1.93 bits per heavy atom. The van der Waals surface area contributed by atoms with E-state index in [9.17, 15) is 18.5 Å². The van der Waals surface area contributed by atoms with Crippen molar-refractivity contribution in [3.63, 3.8) is 0 Å². The maximum atomic E-state index is 10.5. The van der Waals surface area contributed by atoms with Crippen molar-refractivity contribution in [2.45, 2.75) is 4.90 Å². The molecule has 14 heavy (non-hydrogen) atoms. The summed E-state index contributed by atoms with van der Waals surface area (Å²) in [7, 11) is -4.36. The van der Waals surface area contributed by atoms with Gasteiger partial charge in [0.25, 0.3) is 15.8 Å². The quantitative estimate of drug-likeness (QED) is 0.268. The van der Waals surface area contributed by atoms with Crippen LogP contribution < -0.4 is 29.6 Å². The molecule has 8 heteroatoms. The normalized spacial score (nSPS) is 10.4. The number of non-ortho nitro benzene ring substituents is 1. The maximum absolute atomic E-state index is 10.5. The Kier molecular flexibility index (Phi) is 4.69. The molecule has 0 unspecified atom stereocenters. The average molecular weight is 226 g/mol. The van der Waals surface area contributed by atoms with E-state index >= 15 is 0 Å². The van der Waals surface area contributed by atoms with E-state index in [2.05, 4.69) is 0 Å². The number of rotatable bonds is 2. The van der Waals surface area contributed by atoms with Crippen LogP contribution in [0, 0.1) is 10.1 Å². The number of hydrogen-bond donors (Lipinski definition) is 1. The predicted molar refractivity (Wildman–Crippen MR) is 42.9 cm³/mol. The molecular weight excluding hydrogens is 221 g/mol. The molecule has 0 saturated heterocycles. The summed E-state index contributed by atoms with van der Waals surface area (Å²) in [5.41, 5.74) is -0.380. The predicted octanol–water partition coefficient (Wildman–Crippen LogP) is -2.15. The molecule has 6 nitrogen and oxygen atoms in total. The van der Waals surface area contributed by atoms with E-state index in [1.165, 1.54) is 6.07 Å². The monoisotopic (exact) mass is 226 g/mol. The molecule has 0 aliphatic heterocycles. The van der Waals surface area contributed by atoms with Crippen LogP contribution in [-0.4, -0.2) is 17.9 Å². The molecule has 0 heterocycles. The van der Waals surface area contributed by atoms with Crippen molar-refractivity contribution in [3.05, 3.63) is 34.4 Å². The van der Waals surface area contributed by atoms with Gasteiger partial charge in [-0.1, -0.05) is 6.07 Å². The summed E-state index contributed by atoms with van der Waals surface area (Å²) >= 11 is 0. The van der Waals surface area contributed by atoms with Gasteiger partial charge in [0.15, 0.2) is 0 Å². The van der Waals surface area contributed by atoms with Gasteiger partial charge in [-0.05, 0) is 6.07 Å². The summed E-state index contributed by atoms with van der Waals surface area (Å²) in [6.07, 6.45) is 0. The molecule has 0 fully saturated rings. The molecule has 1 aromatic carbocycles. The van der Waals surface area contributed by atoms with Crippen molar-refractivity contribution in [3.8, 4) is 0 Å². The fourth-order valence-corrected chi connectivity index (χ4v) is 1.28. The van der Waals surface area contributed by atoms with Crippen LogP contribution in [-0.2, 0) is 10.1 Å². The van der Waals surface area contributed by atoms with Gasteiger partial charge in [-0.3, -0.25) is 14.7 Å². The van der Waals surface area contributed by atoms with Crippen molar-refractivity contribution in [2.75, 3.05) is 0 Å². The summed E-state index contributed by atoms with van der Waals surface area (Å²) in [5, 5.41) is 10.2. The first kappa shape index (κ1) is 13.5. The fraction of sp³-hybridized carbons (Fsp3) is 0. The van der Waals surface area contributed by atoms with Crippen LogP contribution in [0.15, 0.2) is 29.2 Å². The van der Waals surface area contributed by atoms with Crippen LogP contribution in [0.5, 0.6) is 0 Å². The minimum atomic E-state index is -4.36. The van der Waals surface area contributed by atoms with Crippen LogP contribution in [0.25, 0.3) is 0 Å². The first-order valence-electron chi connectivity index (χ1n) is 3.13. The van der Waals surface area contributed by atoms with Crippen LogP contribution in [0.1, 0.15) is 0 Å². The minimum absolute atomic E-state index is 0. The van der Waals surface area contributed by atoms with Gasteiger partial charge in [-0.15, -0.1) is 0 Å². The van der Waals surface area contributed by atoms with Crippen LogP contribution in [0.4, 0.5) is 5.69 Å². The van der Waals surface area contributed by atoms with Crippen LogP contribution in [0.3, 0.4) is 0 Å². The minimum Gasteiger partial charge on any atom is -0.282 e. The maximum Gasteiger partial charge on any atom is 1.00 e. The fourth-order valence-electron chi connectivity index (χ4n) is 0.758. The largest absolute Gasteiger partial charge is 1.00 e. The molecule has 0 aromatic heterocycles. The number of benzene rings is 1. The van der Waals surface area contributed by atoms with Gasteiger partial charge < -0.3 is 0 Å². The molecule has 1 rings (SSSR count). The zero-order valence-electron chi connectivity index (χ0n) is 7.25. The summed E-state index contributed by atoms with van der Waals surface area (Å²) in [5.74, 6) is 0. The standard InChI is InChI=1S/C6H5NO5S.Na/c8-7(9)5-2-1-3-6(4-5)13(10,11)12;/h1-4H,(H,10,11,12);/q;+1. The van der Waals surface area contributed by atoms with Gasteiger partial charge in [0.2, 0.25) is 0 Å². The summed E-state index contributed by atoms with van der Waals surface area (Å²) in [6, 6.07) is 4.17. The van der Waals surface area contributed by atoms with Gasteiger partial charge in [0.05, 0.1) is 4.92 Å². The third-order valence-corrected chi connectivity index (χ3v) is 2.18. The van der Waals surface area contributed by atoms with E-state index in [4.69, 9.17) is 4.55 Å². The van der Waals surface area contributed by atoms with E-state index in [1.54, 1.807) is 0 Å². The number of nitrogens with zero attached hydrogens (tertiary/aromatic N) is 1. The van der Waals surface area contributed by atoms with Crippen molar-refractivity contribution in [2.24, 2.45) is 0 Å².